The molecule has 0 aromatic carbocycles. The summed E-state index contributed by atoms with van der Waals surface area (Å²) < 4.78 is 32.0. The van der Waals surface area contributed by atoms with Crippen molar-refractivity contribution in [1.29, 1.82) is 0 Å². The number of hydrogen-bond acceptors (Lipinski definition) is 2. The van der Waals surface area contributed by atoms with Gasteiger partial charge in [0, 0.05) is 18.8 Å². The summed E-state index contributed by atoms with van der Waals surface area (Å²) in [4.78, 5) is 12.4. The van der Waals surface area contributed by atoms with Crippen LogP contribution >= 0.6 is 0 Å². The molecule has 2 atom stereocenters. The highest BCUT2D eigenvalue weighted by molar-refractivity contribution is 5.77. The smallest absolute Gasteiger partial charge is 0.314 e. The second kappa shape index (κ2) is 6.76. The van der Waals surface area contributed by atoms with Gasteiger partial charge in [-0.05, 0) is 19.3 Å². The quantitative estimate of drug-likeness (QED) is 0.556. The first-order chi connectivity index (χ1) is 10.3. The van der Waals surface area contributed by atoms with Crippen LogP contribution in [0.25, 0.3) is 0 Å². The Morgan fingerprint density at radius 2 is 2.18 bits per heavy atom. The Kier molecular flexibility index (Phi) is 5.20. The molecule has 22 heavy (non-hydrogen) atoms. The molecule has 0 radical (unpaired) electrons. The molecule has 0 bridgehead atoms. The molecule has 2 rings (SSSR count). The second-order valence-corrected chi connectivity index (χ2v) is 6.66. The number of rotatable bonds is 4. The van der Waals surface area contributed by atoms with Crippen molar-refractivity contribution in [2.45, 2.75) is 46.0 Å². The van der Waals surface area contributed by atoms with Gasteiger partial charge in [0.05, 0.1) is 12.5 Å². The second-order valence-electron chi connectivity index (χ2n) is 6.66. The van der Waals surface area contributed by atoms with E-state index in [1.165, 1.54) is 0 Å². The van der Waals surface area contributed by atoms with Crippen LogP contribution in [0.2, 0.25) is 0 Å². The maximum atomic E-state index is 13.3. The largest absolute Gasteiger partial charge is 0.465 e. The van der Waals surface area contributed by atoms with Gasteiger partial charge in [-0.2, -0.15) is 0 Å². The Morgan fingerprint density at radius 3 is 2.77 bits per heavy atom. The molecule has 0 aromatic rings. The van der Waals surface area contributed by atoms with Crippen molar-refractivity contribution in [3.05, 3.63) is 35.5 Å². The van der Waals surface area contributed by atoms with E-state index >= 15 is 0 Å². The van der Waals surface area contributed by atoms with Gasteiger partial charge in [-0.25, -0.2) is 8.78 Å². The van der Waals surface area contributed by atoms with Crippen LogP contribution in [0.5, 0.6) is 0 Å². The molecule has 0 spiro atoms. The van der Waals surface area contributed by atoms with E-state index < -0.39 is 5.92 Å². The molecule has 0 saturated heterocycles. The summed E-state index contributed by atoms with van der Waals surface area (Å²) in [5, 5.41) is 0. The molecule has 0 N–H and O–H groups in total. The van der Waals surface area contributed by atoms with Crippen LogP contribution < -0.4 is 0 Å². The molecular weight excluding hydrogens is 286 g/mol. The lowest BCUT2D eigenvalue weighted by atomic mass is 9.75. The highest BCUT2D eigenvalue weighted by Crippen LogP contribution is 2.40. The van der Waals surface area contributed by atoms with Gasteiger partial charge in [0.25, 0.3) is 5.92 Å². The number of allylic oxidation sites excluding steroid dienone is 5. The van der Waals surface area contributed by atoms with Crippen molar-refractivity contribution in [1.82, 2.24) is 0 Å². The molecule has 4 heteroatoms. The molecular formula is C18H24F2O2. The van der Waals surface area contributed by atoms with E-state index in [0.29, 0.717) is 13.0 Å². The van der Waals surface area contributed by atoms with Crippen molar-refractivity contribution in [3.63, 3.8) is 0 Å². The number of carbonyl (C=O) groups excluding carboxylic acids is 1. The van der Waals surface area contributed by atoms with E-state index in [9.17, 15) is 13.6 Å². The average molecular weight is 310 g/mol. The molecule has 122 valence electrons. The zero-order valence-corrected chi connectivity index (χ0v) is 13.4. The van der Waals surface area contributed by atoms with E-state index in [4.69, 9.17) is 4.74 Å². The van der Waals surface area contributed by atoms with Crippen molar-refractivity contribution in [2.24, 2.45) is 17.8 Å². The lowest BCUT2D eigenvalue weighted by Crippen LogP contribution is -2.31. The maximum absolute atomic E-state index is 13.3. The molecule has 0 heterocycles. The normalized spacial score (nSPS) is 27.4. The van der Waals surface area contributed by atoms with Gasteiger partial charge in [-0.15, -0.1) is 0 Å². The summed E-state index contributed by atoms with van der Waals surface area (Å²) in [7, 11) is 0. The van der Waals surface area contributed by atoms with Crippen LogP contribution in [-0.4, -0.2) is 18.5 Å². The topological polar surface area (TPSA) is 26.3 Å². The fourth-order valence-corrected chi connectivity index (χ4v) is 2.95. The Morgan fingerprint density at radius 1 is 1.45 bits per heavy atom. The molecule has 0 aromatic heterocycles. The van der Waals surface area contributed by atoms with Crippen LogP contribution in [0.1, 0.15) is 40.0 Å². The molecule has 0 aliphatic heterocycles. The summed E-state index contributed by atoms with van der Waals surface area (Å²) in [6.07, 6.45) is 7.31. The Bertz CT molecular complexity index is 515. The number of carbonyl (C=O) groups is 1. The summed E-state index contributed by atoms with van der Waals surface area (Å²) in [6.45, 7) is 6.26. The molecule has 2 nitrogen and oxygen atoms in total. The molecule has 0 amide bonds. The van der Waals surface area contributed by atoms with Crippen LogP contribution in [0, 0.1) is 17.8 Å². The lowest BCUT2D eigenvalue weighted by molar-refractivity contribution is -0.149. The maximum Gasteiger partial charge on any atom is 0.314 e. The minimum absolute atomic E-state index is 0.139. The highest BCUT2D eigenvalue weighted by atomic mass is 19.3. The van der Waals surface area contributed by atoms with Gasteiger partial charge in [-0.3, -0.25) is 4.79 Å². The molecule has 2 aliphatic rings. The molecule has 2 unspecified atom stereocenters. The van der Waals surface area contributed by atoms with E-state index in [0.717, 1.165) is 11.1 Å². The Balaban J connectivity index is 2.15. The third-order valence-electron chi connectivity index (χ3n) is 4.21. The van der Waals surface area contributed by atoms with Crippen molar-refractivity contribution < 1.29 is 18.3 Å². The number of alkyl halides is 2. The first kappa shape index (κ1) is 16.9. The average Bonchev–Trinajstić information content (AvgIpc) is 2.44. The van der Waals surface area contributed by atoms with Crippen molar-refractivity contribution in [2.75, 3.05) is 6.61 Å². The van der Waals surface area contributed by atoms with Crippen molar-refractivity contribution in [3.8, 4) is 0 Å². The lowest BCUT2D eigenvalue weighted by Gasteiger charge is -2.32. The van der Waals surface area contributed by atoms with Crippen LogP contribution in [-0.2, 0) is 9.53 Å². The number of halogens is 2. The molecule has 0 saturated carbocycles. The van der Waals surface area contributed by atoms with Gasteiger partial charge in [0.2, 0.25) is 0 Å². The van der Waals surface area contributed by atoms with Gasteiger partial charge in [0.15, 0.2) is 0 Å². The fraction of sp³-hybridized carbons (Fsp3) is 0.611. The Labute approximate surface area is 130 Å². The minimum Gasteiger partial charge on any atom is -0.465 e. The summed E-state index contributed by atoms with van der Waals surface area (Å²) in [6, 6.07) is 0. The van der Waals surface area contributed by atoms with E-state index in [1.807, 2.05) is 39.0 Å². The van der Waals surface area contributed by atoms with Crippen LogP contribution in [0.4, 0.5) is 8.78 Å². The number of esters is 1. The summed E-state index contributed by atoms with van der Waals surface area (Å²) in [5.41, 5.74) is 1.86. The first-order valence-electron chi connectivity index (χ1n) is 7.88. The van der Waals surface area contributed by atoms with E-state index in [1.54, 1.807) is 6.08 Å². The highest BCUT2D eigenvalue weighted by Gasteiger charge is 2.38. The third kappa shape index (κ3) is 4.05. The van der Waals surface area contributed by atoms with Crippen molar-refractivity contribution >= 4 is 5.97 Å². The minimum atomic E-state index is -2.61. The van der Waals surface area contributed by atoms with E-state index in [2.05, 4.69) is 0 Å². The zero-order chi connectivity index (χ0) is 16.3. The summed E-state index contributed by atoms with van der Waals surface area (Å²) >= 11 is 0. The first-order valence-corrected chi connectivity index (χ1v) is 7.88. The predicted octanol–water partition coefficient (Wildman–Crippen LogP) is 4.68. The van der Waals surface area contributed by atoms with Crippen LogP contribution in [0.3, 0.4) is 0 Å². The monoisotopic (exact) mass is 310 g/mol. The number of hydrogen-bond donors (Lipinski definition) is 0. The Hall–Kier alpha value is -1.45. The van der Waals surface area contributed by atoms with Gasteiger partial charge >= 0.3 is 5.97 Å². The number of ether oxygens (including phenoxy) is 1. The van der Waals surface area contributed by atoms with Gasteiger partial charge in [-0.1, -0.05) is 49.3 Å². The fourth-order valence-electron chi connectivity index (χ4n) is 2.95. The zero-order valence-electron chi connectivity index (χ0n) is 13.4. The summed E-state index contributed by atoms with van der Waals surface area (Å²) in [5.74, 6) is -3.13. The predicted molar refractivity (Wildman–Crippen MR) is 82.6 cm³/mol. The van der Waals surface area contributed by atoms with Gasteiger partial charge in [0.1, 0.15) is 0 Å². The molecule has 2 aliphatic carbocycles. The third-order valence-corrected chi connectivity index (χ3v) is 4.21. The van der Waals surface area contributed by atoms with Gasteiger partial charge < -0.3 is 4.74 Å². The standard InChI is InChI=1S/C18H24F2O2/c1-12(2)11-22-17(21)16-13(3)5-4-6-15(16)14-7-9-18(19,20)10-8-14/h4-7,12,15-16H,8-11H2,1-3H3. The molecule has 0 fully saturated rings. The van der Waals surface area contributed by atoms with Crippen LogP contribution in [0.15, 0.2) is 35.5 Å². The van der Waals surface area contributed by atoms with E-state index in [-0.39, 0.29) is 36.6 Å². The SMILES string of the molecule is CC1=CC=CC(C2=CCC(F)(F)CC2)C1C(=O)OCC(C)C.